The van der Waals surface area contributed by atoms with Crippen molar-refractivity contribution in [3.8, 4) is 0 Å². The topological polar surface area (TPSA) is 25.2 Å². The molecule has 0 atom stereocenters. The molecule has 4 heteroatoms. The van der Waals surface area contributed by atoms with Crippen LogP contribution in [0.25, 0.3) is 11.0 Å². The zero-order valence-corrected chi connectivity index (χ0v) is 11.5. The van der Waals surface area contributed by atoms with Crippen molar-refractivity contribution >= 4 is 34.2 Å². The van der Waals surface area contributed by atoms with Gasteiger partial charge in [0.1, 0.15) is 11.3 Å². The third-order valence-corrected chi connectivity index (χ3v) is 3.30. The molecule has 0 aliphatic rings. The van der Waals surface area contributed by atoms with Gasteiger partial charge in [0.2, 0.25) is 0 Å². The molecule has 2 rings (SSSR count). The molecule has 0 fully saturated rings. The zero-order valence-electron chi connectivity index (χ0n) is 9.94. The zero-order chi connectivity index (χ0) is 12.4. The maximum atomic E-state index is 6.23. The van der Waals surface area contributed by atoms with Gasteiger partial charge < -0.3 is 9.73 Å². The number of benzene rings is 1. The first-order valence-electron chi connectivity index (χ1n) is 5.77. The van der Waals surface area contributed by atoms with Crippen molar-refractivity contribution in [3.63, 3.8) is 0 Å². The van der Waals surface area contributed by atoms with Gasteiger partial charge in [-0.15, -0.1) is 0 Å². The van der Waals surface area contributed by atoms with Crippen LogP contribution in [0.2, 0.25) is 10.0 Å². The average Bonchev–Trinajstić information content (AvgIpc) is 2.63. The molecule has 1 N–H and O–H groups in total. The Morgan fingerprint density at radius 1 is 1.24 bits per heavy atom. The Morgan fingerprint density at radius 2 is 2.00 bits per heavy atom. The average molecular weight is 272 g/mol. The lowest BCUT2D eigenvalue weighted by Crippen LogP contribution is -2.12. The smallest absolute Gasteiger partial charge is 0.137 e. The molecule has 0 unspecified atom stereocenters. The van der Waals surface area contributed by atoms with E-state index in [2.05, 4.69) is 19.2 Å². The Labute approximate surface area is 111 Å². The third kappa shape index (κ3) is 2.44. The van der Waals surface area contributed by atoms with Gasteiger partial charge in [-0.05, 0) is 19.0 Å². The lowest BCUT2D eigenvalue weighted by atomic mass is 10.1. The number of furan rings is 1. The van der Waals surface area contributed by atoms with E-state index in [1.54, 1.807) is 6.07 Å². The molecule has 1 aromatic carbocycles. The van der Waals surface area contributed by atoms with Crippen LogP contribution in [-0.4, -0.2) is 6.54 Å². The largest absolute Gasteiger partial charge is 0.459 e. The van der Waals surface area contributed by atoms with Gasteiger partial charge in [0, 0.05) is 22.0 Å². The normalized spacial score (nSPS) is 11.3. The second-order valence-electron chi connectivity index (χ2n) is 3.90. The number of halogens is 2. The summed E-state index contributed by atoms with van der Waals surface area (Å²) < 4.78 is 5.82. The highest BCUT2D eigenvalue weighted by molar-refractivity contribution is 6.38. The molecule has 0 saturated heterocycles. The molecular formula is C13H15Cl2NO. The molecule has 2 aromatic rings. The Morgan fingerprint density at radius 3 is 2.65 bits per heavy atom. The summed E-state index contributed by atoms with van der Waals surface area (Å²) in [6.45, 7) is 5.81. The van der Waals surface area contributed by atoms with Crippen molar-refractivity contribution in [2.24, 2.45) is 0 Å². The molecule has 0 bridgehead atoms. The Bertz CT molecular complexity index is 534. The molecule has 1 aromatic heterocycles. The van der Waals surface area contributed by atoms with E-state index in [-0.39, 0.29) is 0 Å². The number of hydrogen-bond donors (Lipinski definition) is 1. The van der Waals surface area contributed by atoms with Gasteiger partial charge in [-0.2, -0.15) is 0 Å². The molecule has 0 saturated carbocycles. The highest BCUT2D eigenvalue weighted by Crippen LogP contribution is 2.34. The molecule has 17 heavy (non-hydrogen) atoms. The van der Waals surface area contributed by atoms with Crippen LogP contribution in [0, 0.1) is 0 Å². The molecule has 92 valence electrons. The van der Waals surface area contributed by atoms with E-state index in [4.69, 9.17) is 27.6 Å². The summed E-state index contributed by atoms with van der Waals surface area (Å²) in [5.41, 5.74) is 1.94. The van der Waals surface area contributed by atoms with Crippen molar-refractivity contribution in [2.45, 2.75) is 26.8 Å². The standard InChI is InChI=1S/C13H15Cl2NO/c1-3-9-12(7-16-4-2)17-11-6-8(14)5-10(15)13(9)11/h5-6,16H,3-4,7H2,1-2H3. The first kappa shape index (κ1) is 12.7. The van der Waals surface area contributed by atoms with Crippen LogP contribution in [-0.2, 0) is 13.0 Å². The van der Waals surface area contributed by atoms with E-state index >= 15 is 0 Å². The van der Waals surface area contributed by atoms with Crippen molar-refractivity contribution < 1.29 is 4.42 Å². The van der Waals surface area contributed by atoms with Crippen molar-refractivity contribution in [1.82, 2.24) is 5.32 Å². The predicted molar refractivity (Wildman–Crippen MR) is 73.0 cm³/mol. The Hall–Kier alpha value is -0.700. The first-order valence-corrected chi connectivity index (χ1v) is 6.53. The van der Waals surface area contributed by atoms with Crippen LogP contribution in [0.3, 0.4) is 0 Å². The summed E-state index contributed by atoms with van der Waals surface area (Å²) in [6, 6.07) is 3.58. The van der Waals surface area contributed by atoms with Crippen LogP contribution in [0.1, 0.15) is 25.2 Å². The second-order valence-corrected chi connectivity index (χ2v) is 4.74. The van der Waals surface area contributed by atoms with E-state index in [1.807, 2.05) is 6.07 Å². The minimum absolute atomic E-state index is 0.605. The summed E-state index contributed by atoms with van der Waals surface area (Å²) in [6.07, 6.45) is 0.898. The molecule has 1 heterocycles. The minimum atomic E-state index is 0.605. The number of fused-ring (bicyclic) bond motifs is 1. The lowest BCUT2D eigenvalue weighted by molar-refractivity contribution is 0.514. The van der Waals surface area contributed by atoms with Gasteiger partial charge in [0.05, 0.1) is 11.6 Å². The van der Waals surface area contributed by atoms with Gasteiger partial charge in [-0.25, -0.2) is 0 Å². The molecule has 2 nitrogen and oxygen atoms in total. The fourth-order valence-corrected chi connectivity index (χ4v) is 2.60. The van der Waals surface area contributed by atoms with E-state index in [9.17, 15) is 0 Å². The minimum Gasteiger partial charge on any atom is -0.459 e. The van der Waals surface area contributed by atoms with E-state index in [0.717, 1.165) is 36.2 Å². The van der Waals surface area contributed by atoms with Crippen LogP contribution >= 0.6 is 23.2 Å². The van der Waals surface area contributed by atoms with Crippen LogP contribution in [0.15, 0.2) is 16.5 Å². The highest BCUT2D eigenvalue weighted by Gasteiger charge is 2.15. The summed E-state index contributed by atoms with van der Waals surface area (Å²) in [7, 11) is 0. The fraction of sp³-hybridized carbons (Fsp3) is 0.385. The lowest BCUT2D eigenvalue weighted by Gasteiger charge is -2.01. The summed E-state index contributed by atoms with van der Waals surface area (Å²) in [5, 5.41) is 5.52. The van der Waals surface area contributed by atoms with E-state index in [0.29, 0.717) is 10.0 Å². The quantitative estimate of drug-likeness (QED) is 0.891. The van der Waals surface area contributed by atoms with Crippen LogP contribution in [0.4, 0.5) is 0 Å². The molecule has 0 amide bonds. The van der Waals surface area contributed by atoms with E-state index in [1.165, 1.54) is 5.56 Å². The SMILES string of the molecule is CCNCc1oc2cc(Cl)cc(Cl)c2c1CC. The van der Waals surface area contributed by atoms with Crippen molar-refractivity contribution in [2.75, 3.05) is 6.54 Å². The van der Waals surface area contributed by atoms with Gasteiger partial charge in [0.25, 0.3) is 0 Å². The Balaban J connectivity index is 2.58. The predicted octanol–water partition coefficient (Wildman–Crippen LogP) is 4.41. The van der Waals surface area contributed by atoms with E-state index < -0.39 is 0 Å². The molecule has 0 aliphatic carbocycles. The Kier molecular flexibility index (Phi) is 3.97. The molecule has 0 radical (unpaired) electrons. The maximum absolute atomic E-state index is 6.23. The summed E-state index contributed by atoms with van der Waals surface area (Å²) >= 11 is 12.2. The second kappa shape index (κ2) is 5.30. The van der Waals surface area contributed by atoms with Gasteiger partial charge in [0.15, 0.2) is 0 Å². The fourth-order valence-electron chi connectivity index (χ4n) is 2.01. The molecule has 0 spiro atoms. The number of hydrogen-bond acceptors (Lipinski definition) is 2. The van der Waals surface area contributed by atoms with Crippen LogP contribution in [0.5, 0.6) is 0 Å². The molecule has 0 aliphatic heterocycles. The van der Waals surface area contributed by atoms with Gasteiger partial charge in [-0.1, -0.05) is 37.0 Å². The third-order valence-electron chi connectivity index (χ3n) is 2.78. The van der Waals surface area contributed by atoms with Gasteiger partial charge in [-0.3, -0.25) is 0 Å². The number of aryl methyl sites for hydroxylation is 1. The van der Waals surface area contributed by atoms with Crippen molar-refractivity contribution in [3.05, 3.63) is 33.5 Å². The maximum Gasteiger partial charge on any atom is 0.137 e. The van der Waals surface area contributed by atoms with Crippen LogP contribution < -0.4 is 5.32 Å². The summed E-state index contributed by atoms with van der Waals surface area (Å²) in [5.74, 6) is 0.952. The monoisotopic (exact) mass is 271 g/mol. The number of rotatable bonds is 4. The van der Waals surface area contributed by atoms with Crippen molar-refractivity contribution in [1.29, 1.82) is 0 Å². The molecular weight excluding hydrogens is 257 g/mol. The highest BCUT2D eigenvalue weighted by atomic mass is 35.5. The summed E-state index contributed by atoms with van der Waals surface area (Å²) in [4.78, 5) is 0. The first-order chi connectivity index (χ1) is 8.17. The number of nitrogens with one attached hydrogen (secondary N) is 1. The van der Waals surface area contributed by atoms with Gasteiger partial charge >= 0.3 is 0 Å².